The maximum atomic E-state index is 13.2. The third-order valence-electron chi connectivity index (χ3n) is 5.04. The zero-order valence-corrected chi connectivity index (χ0v) is 17.7. The summed E-state index contributed by atoms with van der Waals surface area (Å²) in [5.41, 5.74) is 1.83. The summed E-state index contributed by atoms with van der Waals surface area (Å²) in [4.78, 5) is 26.0. The smallest absolute Gasteiger partial charge is 0.276 e. The molecule has 0 aliphatic carbocycles. The summed E-state index contributed by atoms with van der Waals surface area (Å²) in [5.74, 6) is -0.304. The predicted molar refractivity (Wildman–Crippen MR) is 119 cm³/mol. The van der Waals surface area contributed by atoms with Crippen molar-refractivity contribution in [2.45, 2.75) is 58.9 Å². The van der Waals surface area contributed by atoms with Crippen LogP contribution in [0.3, 0.4) is 0 Å². The van der Waals surface area contributed by atoms with E-state index in [2.05, 4.69) is 38.1 Å². The van der Waals surface area contributed by atoms with Gasteiger partial charge in [-0.05, 0) is 29.5 Å². The van der Waals surface area contributed by atoms with Crippen LogP contribution in [0.15, 0.2) is 53.3 Å². The third kappa shape index (κ3) is 4.56. The van der Waals surface area contributed by atoms with Crippen LogP contribution in [-0.2, 0) is 12.0 Å². The Kier molecular flexibility index (Phi) is 6.16. The number of nitrogens with zero attached hydrogens (tertiary/aromatic N) is 2. The van der Waals surface area contributed by atoms with Crippen molar-refractivity contribution in [2.75, 3.05) is 5.32 Å². The van der Waals surface area contributed by atoms with Gasteiger partial charge in [0.15, 0.2) is 5.69 Å². The Bertz CT molecular complexity index is 1080. The van der Waals surface area contributed by atoms with Crippen molar-refractivity contribution in [3.63, 3.8) is 0 Å². The minimum atomic E-state index is -0.304. The minimum absolute atomic E-state index is 0.113. The Hall–Kier alpha value is -2.95. The van der Waals surface area contributed by atoms with Crippen LogP contribution < -0.4 is 10.9 Å². The molecule has 1 amide bonds. The molecule has 2 aromatic carbocycles. The topological polar surface area (TPSA) is 64.0 Å². The number of amides is 1. The number of benzene rings is 2. The summed E-state index contributed by atoms with van der Waals surface area (Å²) in [6.07, 6.45) is 2.93. The van der Waals surface area contributed by atoms with Gasteiger partial charge in [0.2, 0.25) is 0 Å². The Morgan fingerprint density at radius 2 is 1.66 bits per heavy atom. The number of carbonyl (C=O) groups is 1. The average molecular weight is 392 g/mol. The van der Waals surface area contributed by atoms with Crippen molar-refractivity contribution < 1.29 is 4.79 Å². The van der Waals surface area contributed by atoms with Gasteiger partial charge in [0.05, 0.1) is 5.39 Å². The first-order valence-corrected chi connectivity index (χ1v) is 10.2. The standard InChI is InChI=1S/C24H29N3O2/c1-5-6-11-16-27-23(29)18-13-8-7-12-17(18)21(26-27)22(28)25-20-15-10-9-14-19(20)24(2,3)4/h7-10,12-15H,5-6,11,16H2,1-4H3,(H,25,28). The summed E-state index contributed by atoms with van der Waals surface area (Å²) in [6, 6.07) is 15.0. The van der Waals surface area contributed by atoms with Crippen LogP contribution in [0.25, 0.3) is 10.8 Å². The number of unbranched alkanes of at least 4 members (excludes halogenated alkanes) is 2. The highest BCUT2D eigenvalue weighted by Gasteiger charge is 2.21. The van der Waals surface area contributed by atoms with Gasteiger partial charge in [-0.15, -0.1) is 0 Å². The molecule has 1 aromatic heterocycles. The highest BCUT2D eigenvalue weighted by molar-refractivity contribution is 6.11. The SMILES string of the molecule is CCCCCn1nc(C(=O)Nc2ccccc2C(C)(C)C)c2ccccc2c1=O. The quantitative estimate of drug-likeness (QED) is 0.592. The number of nitrogens with one attached hydrogen (secondary N) is 1. The van der Waals surface area contributed by atoms with Crippen LogP contribution in [0, 0.1) is 0 Å². The zero-order chi connectivity index (χ0) is 21.0. The molecule has 29 heavy (non-hydrogen) atoms. The van der Waals surface area contributed by atoms with E-state index in [1.807, 2.05) is 36.4 Å². The fourth-order valence-corrected chi connectivity index (χ4v) is 3.49. The molecule has 0 radical (unpaired) electrons. The van der Waals surface area contributed by atoms with E-state index >= 15 is 0 Å². The van der Waals surface area contributed by atoms with Crippen molar-refractivity contribution in [3.8, 4) is 0 Å². The number of hydrogen-bond donors (Lipinski definition) is 1. The molecular formula is C24H29N3O2. The monoisotopic (exact) mass is 391 g/mol. The van der Waals surface area contributed by atoms with Crippen LogP contribution >= 0.6 is 0 Å². The first kappa shape index (κ1) is 20.8. The lowest BCUT2D eigenvalue weighted by Crippen LogP contribution is -2.28. The molecule has 152 valence electrons. The van der Waals surface area contributed by atoms with E-state index in [-0.39, 0.29) is 22.6 Å². The highest BCUT2D eigenvalue weighted by atomic mass is 16.2. The van der Waals surface area contributed by atoms with Gasteiger partial charge in [0, 0.05) is 17.6 Å². The number of para-hydroxylation sites is 1. The largest absolute Gasteiger partial charge is 0.320 e. The van der Waals surface area contributed by atoms with E-state index in [4.69, 9.17) is 0 Å². The van der Waals surface area contributed by atoms with E-state index in [0.29, 0.717) is 17.3 Å². The molecule has 0 aliphatic rings. The van der Waals surface area contributed by atoms with Gasteiger partial charge in [-0.25, -0.2) is 4.68 Å². The number of carbonyl (C=O) groups excluding carboxylic acids is 1. The van der Waals surface area contributed by atoms with Crippen molar-refractivity contribution in [1.29, 1.82) is 0 Å². The molecule has 0 aliphatic heterocycles. The summed E-state index contributed by atoms with van der Waals surface area (Å²) >= 11 is 0. The fraction of sp³-hybridized carbons (Fsp3) is 0.375. The molecular weight excluding hydrogens is 362 g/mol. The summed E-state index contributed by atoms with van der Waals surface area (Å²) in [5, 5.41) is 8.58. The highest BCUT2D eigenvalue weighted by Crippen LogP contribution is 2.29. The van der Waals surface area contributed by atoms with Gasteiger partial charge in [0.25, 0.3) is 11.5 Å². The molecule has 1 N–H and O–H groups in total. The van der Waals surface area contributed by atoms with Gasteiger partial charge < -0.3 is 5.32 Å². The van der Waals surface area contributed by atoms with Crippen LogP contribution in [0.5, 0.6) is 0 Å². The number of aryl methyl sites for hydroxylation is 1. The van der Waals surface area contributed by atoms with E-state index in [9.17, 15) is 9.59 Å². The number of fused-ring (bicyclic) bond motifs is 1. The van der Waals surface area contributed by atoms with E-state index < -0.39 is 0 Å². The molecule has 0 fully saturated rings. The second kappa shape index (κ2) is 8.60. The molecule has 0 unspecified atom stereocenters. The van der Waals surface area contributed by atoms with E-state index in [1.165, 1.54) is 4.68 Å². The van der Waals surface area contributed by atoms with Gasteiger partial charge in [-0.2, -0.15) is 5.10 Å². The first-order valence-electron chi connectivity index (χ1n) is 10.2. The Morgan fingerprint density at radius 1 is 1.00 bits per heavy atom. The zero-order valence-electron chi connectivity index (χ0n) is 17.7. The Morgan fingerprint density at radius 3 is 2.34 bits per heavy atom. The molecule has 0 saturated carbocycles. The number of anilines is 1. The first-order chi connectivity index (χ1) is 13.8. The molecule has 3 rings (SSSR count). The number of hydrogen-bond acceptors (Lipinski definition) is 3. The number of aromatic nitrogens is 2. The maximum absolute atomic E-state index is 13.2. The van der Waals surface area contributed by atoms with Crippen molar-refractivity contribution in [1.82, 2.24) is 9.78 Å². The van der Waals surface area contributed by atoms with Crippen LogP contribution in [-0.4, -0.2) is 15.7 Å². The van der Waals surface area contributed by atoms with Crippen molar-refractivity contribution in [3.05, 3.63) is 70.1 Å². The van der Waals surface area contributed by atoms with Gasteiger partial charge in [0.1, 0.15) is 0 Å². The molecule has 5 heteroatoms. The lowest BCUT2D eigenvalue weighted by molar-refractivity contribution is 0.102. The molecule has 5 nitrogen and oxygen atoms in total. The van der Waals surface area contributed by atoms with E-state index in [0.717, 1.165) is 30.5 Å². The molecule has 0 atom stereocenters. The molecule has 3 aromatic rings. The van der Waals surface area contributed by atoms with Gasteiger partial charge in [-0.1, -0.05) is 76.9 Å². The van der Waals surface area contributed by atoms with Crippen molar-refractivity contribution >= 4 is 22.4 Å². The van der Waals surface area contributed by atoms with Gasteiger partial charge >= 0.3 is 0 Å². The number of rotatable bonds is 6. The Balaban J connectivity index is 2.04. The van der Waals surface area contributed by atoms with Crippen LogP contribution in [0.2, 0.25) is 0 Å². The summed E-state index contributed by atoms with van der Waals surface area (Å²) in [6.45, 7) is 8.96. The minimum Gasteiger partial charge on any atom is -0.320 e. The lowest BCUT2D eigenvalue weighted by Gasteiger charge is -2.23. The normalized spacial score (nSPS) is 11.6. The lowest BCUT2D eigenvalue weighted by atomic mass is 9.86. The van der Waals surface area contributed by atoms with Gasteiger partial charge in [-0.3, -0.25) is 9.59 Å². The second-order valence-electron chi connectivity index (χ2n) is 8.38. The third-order valence-corrected chi connectivity index (χ3v) is 5.04. The summed E-state index contributed by atoms with van der Waals surface area (Å²) in [7, 11) is 0. The molecule has 1 heterocycles. The van der Waals surface area contributed by atoms with Crippen molar-refractivity contribution in [2.24, 2.45) is 0 Å². The molecule has 0 spiro atoms. The van der Waals surface area contributed by atoms with Crippen LogP contribution in [0.1, 0.15) is 63.0 Å². The fourth-order valence-electron chi connectivity index (χ4n) is 3.49. The molecule has 0 saturated heterocycles. The van der Waals surface area contributed by atoms with Crippen LogP contribution in [0.4, 0.5) is 5.69 Å². The Labute approximate surface area is 171 Å². The summed E-state index contributed by atoms with van der Waals surface area (Å²) < 4.78 is 1.43. The predicted octanol–water partition coefficient (Wildman–Crippen LogP) is 5.14. The maximum Gasteiger partial charge on any atom is 0.276 e. The van der Waals surface area contributed by atoms with E-state index in [1.54, 1.807) is 12.1 Å². The average Bonchev–Trinajstić information content (AvgIpc) is 2.69. The molecule has 0 bridgehead atoms. The second-order valence-corrected chi connectivity index (χ2v) is 8.38.